The molecule has 0 saturated carbocycles. The lowest BCUT2D eigenvalue weighted by molar-refractivity contribution is 0.284. The molecule has 2 heterocycles. The molecule has 1 unspecified atom stereocenters. The molecule has 4 heteroatoms. The highest BCUT2D eigenvalue weighted by molar-refractivity contribution is 5.77. The molecule has 1 aliphatic rings. The normalized spacial score (nSPS) is 19.8. The van der Waals surface area contributed by atoms with Crippen LogP contribution in [0.2, 0.25) is 0 Å². The molecule has 20 heavy (non-hydrogen) atoms. The van der Waals surface area contributed by atoms with E-state index in [2.05, 4.69) is 16.9 Å². The third kappa shape index (κ3) is 2.36. The highest BCUT2D eigenvalue weighted by Gasteiger charge is 2.21. The molecular formula is C16H21N3O. The summed E-state index contributed by atoms with van der Waals surface area (Å²) in [7, 11) is 2.17. The van der Waals surface area contributed by atoms with Crippen LogP contribution < -0.4 is 5.56 Å². The molecule has 1 aromatic carbocycles. The van der Waals surface area contributed by atoms with E-state index in [9.17, 15) is 4.79 Å². The number of likely N-dealkylation sites (tertiary alicyclic amines) is 1. The molecule has 1 aliphatic heterocycles. The zero-order valence-corrected chi connectivity index (χ0v) is 12.2. The van der Waals surface area contributed by atoms with Crippen molar-refractivity contribution in [3.63, 3.8) is 0 Å². The van der Waals surface area contributed by atoms with Crippen LogP contribution in [0.15, 0.2) is 29.1 Å². The molecule has 0 N–H and O–H groups in total. The maximum Gasteiger partial charge on any atom is 0.261 e. The summed E-state index contributed by atoms with van der Waals surface area (Å²) in [5.74, 6) is 0.814. The Morgan fingerprint density at radius 3 is 2.90 bits per heavy atom. The molecule has 0 spiro atoms. The Hall–Kier alpha value is -1.68. The van der Waals surface area contributed by atoms with E-state index >= 15 is 0 Å². The van der Waals surface area contributed by atoms with E-state index in [0.717, 1.165) is 29.7 Å². The van der Waals surface area contributed by atoms with Crippen molar-refractivity contribution >= 4 is 10.9 Å². The van der Waals surface area contributed by atoms with Crippen LogP contribution in [0.4, 0.5) is 0 Å². The number of rotatable bonds is 3. The molecule has 1 saturated heterocycles. The largest absolute Gasteiger partial charge is 0.303 e. The van der Waals surface area contributed by atoms with Gasteiger partial charge in [0.1, 0.15) is 5.82 Å². The molecule has 1 atom stereocenters. The first-order chi connectivity index (χ1) is 9.66. The topological polar surface area (TPSA) is 38.1 Å². The number of para-hydroxylation sites is 1. The van der Waals surface area contributed by atoms with Gasteiger partial charge in [-0.15, -0.1) is 0 Å². The number of aryl methyl sites for hydroxylation is 1. The fourth-order valence-electron chi connectivity index (χ4n) is 3.16. The molecule has 0 amide bonds. The van der Waals surface area contributed by atoms with E-state index in [4.69, 9.17) is 0 Å². The second-order valence-electron chi connectivity index (χ2n) is 5.70. The second-order valence-corrected chi connectivity index (χ2v) is 5.70. The van der Waals surface area contributed by atoms with Crippen molar-refractivity contribution in [2.75, 3.05) is 13.6 Å². The van der Waals surface area contributed by atoms with Crippen molar-refractivity contribution in [2.24, 2.45) is 0 Å². The smallest absolute Gasteiger partial charge is 0.261 e. The van der Waals surface area contributed by atoms with Crippen LogP contribution in [0, 0.1) is 6.92 Å². The number of hydrogen-bond acceptors (Lipinski definition) is 3. The predicted molar refractivity (Wildman–Crippen MR) is 81.0 cm³/mol. The Morgan fingerprint density at radius 1 is 1.35 bits per heavy atom. The molecule has 0 radical (unpaired) electrons. The van der Waals surface area contributed by atoms with Crippen molar-refractivity contribution in [1.82, 2.24) is 14.5 Å². The summed E-state index contributed by atoms with van der Waals surface area (Å²) in [4.78, 5) is 19.5. The van der Waals surface area contributed by atoms with E-state index in [1.54, 1.807) is 0 Å². The average molecular weight is 271 g/mol. The van der Waals surface area contributed by atoms with Gasteiger partial charge in [-0.3, -0.25) is 9.36 Å². The summed E-state index contributed by atoms with van der Waals surface area (Å²) in [6.45, 7) is 3.86. The third-order valence-electron chi connectivity index (χ3n) is 4.41. The lowest BCUT2D eigenvalue weighted by atomic mass is 10.1. The molecule has 3 rings (SSSR count). The number of aromatic nitrogens is 2. The highest BCUT2D eigenvalue weighted by atomic mass is 16.1. The Kier molecular flexibility index (Phi) is 3.57. The average Bonchev–Trinajstić information content (AvgIpc) is 2.84. The Morgan fingerprint density at radius 2 is 2.15 bits per heavy atom. The quantitative estimate of drug-likeness (QED) is 0.859. The minimum absolute atomic E-state index is 0.0914. The van der Waals surface area contributed by atoms with Gasteiger partial charge in [0.2, 0.25) is 0 Å². The summed E-state index contributed by atoms with van der Waals surface area (Å²) >= 11 is 0. The number of fused-ring (bicyclic) bond motifs is 1. The molecule has 2 aromatic rings. The number of nitrogens with zero attached hydrogens (tertiary/aromatic N) is 3. The molecule has 1 aromatic heterocycles. The lowest BCUT2D eigenvalue weighted by Gasteiger charge is -2.20. The van der Waals surface area contributed by atoms with Crippen LogP contribution in [0.3, 0.4) is 0 Å². The fraction of sp³-hybridized carbons (Fsp3) is 0.500. The Labute approximate surface area is 119 Å². The van der Waals surface area contributed by atoms with Gasteiger partial charge in [-0.25, -0.2) is 4.98 Å². The van der Waals surface area contributed by atoms with Gasteiger partial charge < -0.3 is 4.90 Å². The molecule has 106 valence electrons. The van der Waals surface area contributed by atoms with Gasteiger partial charge in [-0.2, -0.15) is 0 Å². The molecular weight excluding hydrogens is 250 g/mol. The molecule has 0 aliphatic carbocycles. The fourth-order valence-corrected chi connectivity index (χ4v) is 3.16. The summed E-state index contributed by atoms with van der Waals surface area (Å²) in [6, 6.07) is 8.19. The first-order valence-electron chi connectivity index (χ1n) is 7.33. The molecule has 1 fully saturated rings. The highest BCUT2D eigenvalue weighted by Crippen LogP contribution is 2.18. The van der Waals surface area contributed by atoms with Gasteiger partial charge in [0, 0.05) is 12.6 Å². The zero-order valence-electron chi connectivity index (χ0n) is 12.2. The third-order valence-corrected chi connectivity index (χ3v) is 4.41. The van der Waals surface area contributed by atoms with Crippen LogP contribution >= 0.6 is 0 Å². The van der Waals surface area contributed by atoms with Crippen LogP contribution in [0.5, 0.6) is 0 Å². The SMILES string of the molecule is Cc1nc2ccccc2c(=O)n1CCC1CCCN1C. The summed E-state index contributed by atoms with van der Waals surface area (Å²) in [6.07, 6.45) is 3.54. The molecule has 4 nitrogen and oxygen atoms in total. The monoisotopic (exact) mass is 271 g/mol. The van der Waals surface area contributed by atoms with Crippen molar-refractivity contribution < 1.29 is 0 Å². The maximum absolute atomic E-state index is 12.5. The van der Waals surface area contributed by atoms with E-state index in [1.807, 2.05) is 35.8 Å². The standard InChI is InChI=1S/C16H21N3O/c1-12-17-15-8-4-3-7-14(15)16(20)19(12)11-9-13-6-5-10-18(13)2/h3-4,7-8,13H,5-6,9-11H2,1-2H3. The van der Waals surface area contributed by atoms with E-state index < -0.39 is 0 Å². The van der Waals surface area contributed by atoms with Crippen LogP contribution in [-0.4, -0.2) is 34.1 Å². The van der Waals surface area contributed by atoms with Crippen molar-refractivity contribution in [1.29, 1.82) is 0 Å². The summed E-state index contributed by atoms with van der Waals surface area (Å²) in [5, 5.41) is 0.720. The predicted octanol–water partition coefficient (Wildman–Crippen LogP) is 2.19. The minimum atomic E-state index is 0.0914. The first-order valence-corrected chi connectivity index (χ1v) is 7.33. The summed E-state index contributed by atoms with van der Waals surface area (Å²) < 4.78 is 1.83. The first kappa shape index (κ1) is 13.3. The van der Waals surface area contributed by atoms with Crippen LogP contribution in [0.1, 0.15) is 25.1 Å². The van der Waals surface area contributed by atoms with Crippen molar-refractivity contribution in [3.8, 4) is 0 Å². The van der Waals surface area contributed by atoms with Gasteiger partial charge in [-0.05, 0) is 51.9 Å². The number of hydrogen-bond donors (Lipinski definition) is 0. The van der Waals surface area contributed by atoms with E-state index in [0.29, 0.717) is 6.04 Å². The van der Waals surface area contributed by atoms with E-state index in [1.165, 1.54) is 19.4 Å². The second kappa shape index (κ2) is 5.37. The zero-order chi connectivity index (χ0) is 14.1. The Bertz CT molecular complexity index is 677. The van der Waals surface area contributed by atoms with Gasteiger partial charge in [0.15, 0.2) is 0 Å². The van der Waals surface area contributed by atoms with Crippen LogP contribution in [-0.2, 0) is 6.54 Å². The van der Waals surface area contributed by atoms with Gasteiger partial charge >= 0.3 is 0 Å². The Balaban J connectivity index is 1.89. The van der Waals surface area contributed by atoms with E-state index in [-0.39, 0.29) is 5.56 Å². The van der Waals surface area contributed by atoms with Crippen molar-refractivity contribution in [3.05, 3.63) is 40.4 Å². The molecule has 0 bridgehead atoms. The van der Waals surface area contributed by atoms with Crippen molar-refractivity contribution in [2.45, 2.75) is 38.8 Å². The van der Waals surface area contributed by atoms with Crippen LogP contribution in [0.25, 0.3) is 10.9 Å². The summed E-state index contributed by atoms with van der Waals surface area (Å²) in [5.41, 5.74) is 0.887. The van der Waals surface area contributed by atoms with Gasteiger partial charge in [0.05, 0.1) is 10.9 Å². The lowest BCUT2D eigenvalue weighted by Crippen LogP contribution is -2.30. The van der Waals surface area contributed by atoms with Gasteiger partial charge in [-0.1, -0.05) is 12.1 Å². The maximum atomic E-state index is 12.5. The van der Waals surface area contributed by atoms with Gasteiger partial charge in [0.25, 0.3) is 5.56 Å². The number of benzene rings is 1. The minimum Gasteiger partial charge on any atom is -0.303 e.